The van der Waals surface area contributed by atoms with Crippen molar-refractivity contribution in [3.05, 3.63) is 89.6 Å². The Labute approximate surface area is 216 Å². The number of ether oxygens (including phenoxy) is 2. The molecule has 0 amide bonds. The van der Waals surface area contributed by atoms with Crippen molar-refractivity contribution < 1.29 is 14.3 Å². The van der Waals surface area contributed by atoms with Crippen LogP contribution in [0.3, 0.4) is 0 Å². The highest BCUT2D eigenvalue weighted by molar-refractivity contribution is 7.98. The summed E-state index contributed by atoms with van der Waals surface area (Å²) < 4.78 is 12.8. The van der Waals surface area contributed by atoms with Gasteiger partial charge in [0.25, 0.3) is 5.56 Å². The van der Waals surface area contributed by atoms with Crippen LogP contribution in [0.25, 0.3) is 6.08 Å². The standard InChI is InChI=1S/C26H25ClN2O4S2/c1-14(2)33-25(31)22-15(3)28-26-29(23(22)17-7-9-18(34-5)10-8-17)24(30)21(35-26)13-16-6-11-20(32-4)19(27)12-16/h6-14,23H,1-5H3/b21-13-/t23-/m1/s1. The molecule has 2 heterocycles. The average molecular weight is 529 g/mol. The van der Waals surface area contributed by atoms with Gasteiger partial charge >= 0.3 is 5.97 Å². The zero-order chi connectivity index (χ0) is 25.3. The number of allylic oxidation sites excluding steroid dienone is 1. The molecule has 1 aromatic heterocycles. The number of fused-ring (bicyclic) bond motifs is 1. The predicted molar refractivity (Wildman–Crippen MR) is 141 cm³/mol. The Morgan fingerprint density at radius 2 is 1.94 bits per heavy atom. The van der Waals surface area contributed by atoms with Gasteiger partial charge in [0.05, 0.1) is 40.1 Å². The van der Waals surface area contributed by atoms with Crippen LogP contribution in [0.15, 0.2) is 68.4 Å². The summed E-state index contributed by atoms with van der Waals surface area (Å²) in [6, 6.07) is 12.5. The second-order valence-corrected chi connectivity index (χ2v) is 10.5. The van der Waals surface area contributed by atoms with E-state index in [-0.39, 0.29) is 11.7 Å². The number of benzene rings is 2. The van der Waals surface area contributed by atoms with Crippen LogP contribution in [-0.4, -0.2) is 30.0 Å². The summed E-state index contributed by atoms with van der Waals surface area (Å²) in [7, 11) is 1.55. The molecule has 6 nitrogen and oxygen atoms in total. The summed E-state index contributed by atoms with van der Waals surface area (Å²) in [5.41, 5.74) is 2.24. The number of thiazole rings is 1. The van der Waals surface area contributed by atoms with E-state index in [2.05, 4.69) is 4.99 Å². The van der Waals surface area contributed by atoms with Crippen LogP contribution in [0, 0.1) is 0 Å². The highest BCUT2D eigenvalue weighted by Gasteiger charge is 2.33. The molecule has 1 aliphatic rings. The minimum absolute atomic E-state index is 0.234. The van der Waals surface area contributed by atoms with E-state index in [1.54, 1.807) is 62.4 Å². The van der Waals surface area contributed by atoms with Gasteiger partial charge in [-0.1, -0.05) is 41.1 Å². The minimum Gasteiger partial charge on any atom is -0.495 e. The number of esters is 1. The first-order valence-corrected chi connectivity index (χ1v) is 13.4. The lowest BCUT2D eigenvalue weighted by Gasteiger charge is -2.25. The van der Waals surface area contributed by atoms with Crippen LogP contribution in [0.4, 0.5) is 0 Å². The fourth-order valence-electron chi connectivity index (χ4n) is 3.89. The maximum absolute atomic E-state index is 13.7. The van der Waals surface area contributed by atoms with E-state index in [1.165, 1.54) is 11.3 Å². The van der Waals surface area contributed by atoms with E-state index < -0.39 is 12.0 Å². The van der Waals surface area contributed by atoms with Crippen molar-refractivity contribution in [1.82, 2.24) is 4.57 Å². The third-order valence-corrected chi connectivity index (χ3v) is 7.51. The summed E-state index contributed by atoms with van der Waals surface area (Å²) in [6.07, 6.45) is 3.47. The monoisotopic (exact) mass is 528 g/mol. The summed E-state index contributed by atoms with van der Waals surface area (Å²) >= 11 is 9.17. The Bertz CT molecular complexity index is 1490. The van der Waals surface area contributed by atoms with Gasteiger partial charge < -0.3 is 9.47 Å². The molecular weight excluding hydrogens is 504 g/mol. The Morgan fingerprint density at radius 3 is 2.54 bits per heavy atom. The molecule has 1 atom stereocenters. The van der Waals surface area contributed by atoms with Crippen LogP contribution in [0.1, 0.15) is 37.9 Å². The first-order chi connectivity index (χ1) is 16.7. The quantitative estimate of drug-likeness (QED) is 0.346. The molecule has 3 aromatic rings. The van der Waals surface area contributed by atoms with Crippen LogP contribution in [-0.2, 0) is 9.53 Å². The van der Waals surface area contributed by atoms with E-state index in [9.17, 15) is 9.59 Å². The minimum atomic E-state index is -0.644. The lowest BCUT2D eigenvalue weighted by atomic mass is 9.96. The summed E-state index contributed by atoms with van der Waals surface area (Å²) in [6.45, 7) is 5.37. The smallest absolute Gasteiger partial charge is 0.338 e. The van der Waals surface area contributed by atoms with Gasteiger partial charge in [-0.05, 0) is 68.5 Å². The Morgan fingerprint density at radius 1 is 1.23 bits per heavy atom. The van der Waals surface area contributed by atoms with Crippen LogP contribution in [0.2, 0.25) is 5.02 Å². The molecule has 0 unspecified atom stereocenters. The summed E-state index contributed by atoms with van der Waals surface area (Å²) in [5.74, 6) is 0.0827. The normalized spacial score (nSPS) is 15.7. The van der Waals surface area contributed by atoms with E-state index in [4.69, 9.17) is 21.1 Å². The van der Waals surface area contributed by atoms with E-state index in [1.807, 2.05) is 36.6 Å². The zero-order valence-corrected chi connectivity index (χ0v) is 22.4. The molecule has 2 aromatic carbocycles. The molecule has 0 saturated heterocycles. The number of aromatic nitrogens is 1. The molecule has 9 heteroatoms. The third-order valence-electron chi connectivity index (χ3n) is 5.49. The largest absolute Gasteiger partial charge is 0.495 e. The second kappa shape index (κ2) is 10.4. The summed E-state index contributed by atoms with van der Waals surface area (Å²) in [5, 5.41) is 0.454. The Balaban J connectivity index is 1.91. The highest BCUT2D eigenvalue weighted by atomic mass is 35.5. The van der Waals surface area contributed by atoms with Gasteiger partial charge in [0.1, 0.15) is 5.75 Å². The average Bonchev–Trinajstić information content (AvgIpc) is 3.12. The Kier molecular flexibility index (Phi) is 7.54. The SMILES string of the molecule is COc1ccc(/C=c2\sc3n(c2=O)[C@H](c2ccc(SC)cc2)C(C(=O)OC(C)C)=C(C)N=3)cc1Cl. The number of methoxy groups -OCH3 is 1. The molecule has 0 N–H and O–H groups in total. The maximum Gasteiger partial charge on any atom is 0.338 e. The van der Waals surface area contributed by atoms with Gasteiger partial charge in [-0.3, -0.25) is 9.36 Å². The molecule has 0 fully saturated rings. The van der Waals surface area contributed by atoms with E-state index in [0.29, 0.717) is 31.4 Å². The fraction of sp³-hybridized carbons (Fsp3) is 0.269. The number of carbonyl (C=O) groups is 1. The molecule has 0 spiro atoms. The van der Waals surface area contributed by atoms with Gasteiger partial charge in [0.15, 0.2) is 4.80 Å². The highest BCUT2D eigenvalue weighted by Crippen LogP contribution is 2.32. The van der Waals surface area contributed by atoms with E-state index >= 15 is 0 Å². The van der Waals surface area contributed by atoms with Crippen molar-refractivity contribution in [3.8, 4) is 5.75 Å². The molecule has 0 bridgehead atoms. The number of hydrogen-bond acceptors (Lipinski definition) is 7. The molecule has 0 saturated carbocycles. The number of thioether (sulfide) groups is 1. The molecule has 182 valence electrons. The van der Waals surface area contributed by atoms with Crippen LogP contribution >= 0.6 is 34.7 Å². The van der Waals surface area contributed by atoms with Gasteiger partial charge in [-0.15, -0.1) is 11.8 Å². The molecule has 1 aliphatic heterocycles. The van der Waals surface area contributed by atoms with Crippen molar-refractivity contribution >= 4 is 46.7 Å². The number of halogens is 1. The number of carbonyl (C=O) groups excluding carboxylic acids is 1. The van der Waals surface area contributed by atoms with E-state index in [0.717, 1.165) is 16.0 Å². The number of nitrogens with zero attached hydrogens (tertiary/aromatic N) is 2. The zero-order valence-electron chi connectivity index (χ0n) is 20.0. The summed E-state index contributed by atoms with van der Waals surface area (Å²) in [4.78, 5) is 33.1. The lowest BCUT2D eigenvalue weighted by Crippen LogP contribution is -2.40. The van der Waals surface area contributed by atoms with Crippen molar-refractivity contribution in [2.45, 2.75) is 37.8 Å². The fourth-order valence-corrected chi connectivity index (χ4v) is 5.61. The number of rotatable bonds is 6. The first-order valence-electron chi connectivity index (χ1n) is 10.9. The van der Waals surface area contributed by atoms with Crippen LogP contribution < -0.4 is 19.6 Å². The topological polar surface area (TPSA) is 69.9 Å². The van der Waals surface area contributed by atoms with Gasteiger partial charge in [0.2, 0.25) is 0 Å². The van der Waals surface area contributed by atoms with Crippen molar-refractivity contribution in [3.63, 3.8) is 0 Å². The van der Waals surface area contributed by atoms with Crippen molar-refractivity contribution in [2.24, 2.45) is 4.99 Å². The van der Waals surface area contributed by atoms with Gasteiger partial charge in [0, 0.05) is 4.90 Å². The molecular formula is C26H25ClN2O4S2. The third kappa shape index (κ3) is 5.10. The predicted octanol–water partition coefficient (Wildman–Crippen LogP) is 4.57. The second-order valence-electron chi connectivity index (χ2n) is 8.20. The Hall–Kier alpha value is -2.81. The molecule has 0 radical (unpaired) electrons. The van der Waals surface area contributed by atoms with Gasteiger partial charge in [-0.25, -0.2) is 9.79 Å². The van der Waals surface area contributed by atoms with Crippen molar-refractivity contribution in [1.29, 1.82) is 0 Å². The first kappa shape index (κ1) is 25.3. The van der Waals surface area contributed by atoms with Crippen molar-refractivity contribution in [2.75, 3.05) is 13.4 Å². The maximum atomic E-state index is 13.7. The molecule has 35 heavy (non-hydrogen) atoms. The van der Waals surface area contributed by atoms with Crippen LogP contribution in [0.5, 0.6) is 5.75 Å². The molecule has 0 aliphatic carbocycles. The van der Waals surface area contributed by atoms with Gasteiger partial charge in [-0.2, -0.15) is 0 Å². The lowest BCUT2D eigenvalue weighted by molar-refractivity contribution is -0.143. The number of hydrogen-bond donors (Lipinski definition) is 0. The molecule has 4 rings (SSSR count).